The van der Waals surface area contributed by atoms with Crippen LogP contribution in [0.25, 0.3) is 0 Å². The molecule has 3 aliphatic rings. The molecule has 0 saturated heterocycles. The molecule has 0 aromatic rings. The molecule has 0 aromatic carbocycles. The Kier molecular flexibility index (Phi) is 7.26. The Balaban J connectivity index is 1.88. The van der Waals surface area contributed by atoms with Gasteiger partial charge in [0, 0.05) is 17.4 Å². The highest BCUT2D eigenvalue weighted by atomic mass is 16.5. The zero-order chi connectivity index (χ0) is 24.6. The van der Waals surface area contributed by atoms with Gasteiger partial charge in [0.15, 0.2) is 5.54 Å². The molecule has 6 nitrogen and oxygen atoms in total. The largest absolute Gasteiger partial charge is 0.466 e. The van der Waals surface area contributed by atoms with E-state index in [0.29, 0.717) is 18.4 Å². The molecule has 3 rings (SSSR count). The van der Waals surface area contributed by atoms with Crippen molar-refractivity contribution in [1.82, 2.24) is 0 Å². The van der Waals surface area contributed by atoms with Gasteiger partial charge in [-0.1, -0.05) is 44.9 Å². The molecule has 0 aromatic heterocycles. The maximum atomic E-state index is 13.3. The first-order valence-electron chi connectivity index (χ1n) is 12.4. The van der Waals surface area contributed by atoms with Crippen molar-refractivity contribution in [2.75, 3.05) is 13.7 Å². The molecule has 0 unspecified atom stereocenters. The second kappa shape index (κ2) is 9.34. The number of ether oxygens (including phenoxy) is 2. The fourth-order valence-corrected chi connectivity index (χ4v) is 6.40. The van der Waals surface area contributed by atoms with Crippen LogP contribution in [0, 0.1) is 28.6 Å². The number of carbonyl (C=O) groups is 2. The number of allylic oxidation sites excluding steroid dienone is 2. The third-order valence-corrected chi connectivity index (χ3v) is 9.52. The number of azo groups is 1. The summed E-state index contributed by atoms with van der Waals surface area (Å²) in [5, 5.41) is 8.40. The summed E-state index contributed by atoms with van der Waals surface area (Å²) in [4.78, 5) is 25.0. The molecule has 0 N–H and O–H groups in total. The fraction of sp³-hybridized carbons (Fsp3) is 0.778. The van der Waals surface area contributed by atoms with E-state index in [0.717, 1.165) is 37.7 Å². The predicted molar refractivity (Wildman–Crippen MR) is 129 cm³/mol. The van der Waals surface area contributed by atoms with Crippen molar-refractivity contribution in [2.45, 2.75) is 92.2 Å². The lowest BCUT2D eigenvalue weighted by Crippen LogP contribution is -2.58. The summed E-state index contributed by atoms with van der Waals surface area (Å²) in [5.74, 6) is 0.271. The molecular weight excluding hydrogens is 416 g/mol. The predicted octanol–water partition coefficient (Wildman–Crippen LogP) is 6.07. The van der Waals surface area contributed by atoms with Crippen LogP contribution >= 0.6 is 0 Å². The Morgan fingerprint density at radius 2 is 1.91 bits per heavy atom. The molecule has 1 aliphatic heterocycles. The normalized spacial score (nSPS) is 40.7. The lowest BCUT2D eigenvalue weighted by molar-refractivity contribution is -0.182. The lowest BCUT2D eigenvalue weighted by Gasteiger charge is -2.60. The average molecular weight is 459 g/mol. The van der Waals surface area contributed by atoms with E-state index < -0.39 is 5.54 Å². The number of fused-ring (bicyclic) bond motifs is 1. The van der Waals surface area contributed by atoms with Gasteiger partial charge in [-0.25, -0.2) is 9.59 Å². The zero-order valence-corrected chi connectivity index (χ0v) is 21.7. The van der Waals surface area contributed by atoms with Gasteiger partial charge in [-0.05, 0) is 70.1 Å². The second-order valence-corrected chi connectivity index (χ2v) is 11.3. The summed E-state index contributed by atoms with van der Waals surface area (Å²) >= 11 is 0. The van der Waals surface area contributed by atoms with E-state index >= 15 is 0 Å². The van der Waals surface area contributed by atoms with Crippen molar-refractivity contribution in [1.29, 1.82) is 0 Å². The number of rotatable bonds is 6. The topological polar surface area (TPSA) is 77.3 Å². The van der Waals surface area contributed by atoms with E-state index in [2.05, 4.69) is 44.0 Å². The van der Waals surface area contributed by atoms with Crippen LogP contribution in [-0.4, -0.2) is 37.2 Å². The van der Waals surface area contributed by atoms with Gasteiger partial charge < -0.3 is 9.47 Å². The summed E-state index contributed by atoms with van der Waals surface area (Å²) < 4.78 is 11.1. The number of hydrogen-bond acceptors (Lipinski definition) is 6. The maximum absolute atomic E-state index is 13.3. The lowest BCUT2D eigenvalue weighted by atomic mass is 9.46. The molecule has 2 aliphatic carbocycles. The number of hydrogen-bond donors (Lipinski definition) is 0. The van der Waals surface area contributed by atoms with Gasteiger partial charge in [0.05, 0.1) is 13.7 Å². The number of carbonyl (C=O) groups excluding carboxylic acids is 2. The molecule has 184 valence electrons. The summed E-state index contributed by atoms with van der Waals surface area (Å²) in [6.07, 6.45) is 8.55. The minimum Gasteiger partial charge on any atom is -0.466 e. The van der Waals surface area contributed by atoms with Crippen LogP contribution in [0.5, 0.6) is 0 Å². The fourth-order valence-electron chi connectivity index (χ4n) is 6.40. The molecule has 0 spiro atoms. The summed E-state index contributed by atoms with van der Waals surface area (Å²) in [6, 6.07) is 0. The van der Waals surface area contributed by atoms with E-state index in [9.17, 15) is 9.59 Å². The van der Waals surface area contributed by atoms with Crippen LogP contribution in [0.3, 0.4) is 0 Å². The van der Waals surface area contributed by atoms with Gasteiger partial charge in [0.25, 0.3) is 0 Å². The van der Waals surface area contributed by atoms with E-state index in [-0.39, 0.29) is 34.8 Å². The van der Waals surface area contributed by atoms with Crippen LogP contribution in [0.2, 0.25) is 0 Å². The Labute approximate surface area is 199 Å². The van der Waals surface area contributed by atoms with Gasteiger partial charge in [0.2, 0.25) is 0 Å². The maximum Gasteiger partial charge on any atom is 0.336 e. The highest BCUT2D eigenvalue weighted by Gasteiger charge is 2.59. The molecule has 6 heteroatoms. The van der Waals surface area contributed by atoms with E-state index in [1.807, 2.05) is 20.8 Å². The molecule has 1 heterocycles. The molecule has 33 heavy (non-hydrogen) atoms. The van der Waals surface area contributed by atoms with Gasteiger partial charge in [-0.2, -0.15) is 10.2 Å². The SMILES string of the molecule is COC(=O)/C=C(\C)CC[C@@]1(C)[C@H](C)C[C@@H](OC(=O)[C@@]2(C)N=NC[C@@H]2C)[C@@]2(C)C(C)=CCC[C@H]12. The van der Waals surface area contributed by atoms with Gasteiger partial charge in [-0.3, -0.25) is 0 Å². The van der Waals surface area contributed by atoms with Crippen LogP contribution in [0.1, 0.15) is 80.6 Å². The smallest absolute Gasteiger partial charge is 0.336 e. The minimum atomic E-state index is -0.891. The quantitative estimate of drug-likeness (QED) is 0.275. The van der Waals surface area contributed by atoms with Crippen LogP contribution < -0.4 is 0 Å². The van der Waals surface area contributed by atoms with Gasteiger partial charge in [0.1, 0.15) is 6.10 Å². The van der Waals surface area contributed by atoms with E-state index in [1.54, 1.807) is 6.08 Å². The monoisotopic (exact) mass is 458 g/mol. The Morgan fingerprint density at radius 1 is 1.21 bits per heavy atom. The number of nitrogens with zero attached hydrogens (tertiary/aromatic N) is 2. The third-order valence-electron chi connectivity index (χ3n) is 9.52. The first-order chi connectivity index (χ1) is 15.4. The average Bonchev–Trinajstić information content (AvgIpc) is 3.11. The first kappa shape index (κ1) is 25.6. The molecule has 7 atom stereocenters. The second-order valence-electron chi connectivity index (χ2n) is 11.3. The van der Waals surface area contributed by atoms with Crippen molar-refractivity contribution in [3.05, 3.63) is 23.3 Å². The van der Waals surface area contributed by atoms with Gasteiger partial charge in [-0.15, -0.1) is 0 Å². The van der Waals surface area contributed by atoms with Gasteiger partial charge >= 0.3 is 11.9 Å². The van der Waals surface area contributed by atoms with E-state index in [4.69, 9.17) is 9.47 Å². The van der Waals surface area contributed by atoms with Crippen molar-refractivity contribution in [2.24, 2.45) is 38.8 Å². The highest BCUT2D eigenvalue weighted by molar-refractivity contribution is 5.82. The Hall–Kier alpha value is -1.98. The van der Waals surface area contributed by atoms with Crippen LogP contribution in [-0.2, 0) is 19.1 Å². The molecule has 1 saturated carbocycles. The number of methoxy groups -OCH3 is 1. The van der Waals surface area contributed by atoms with Crippen molar-refractivity contribution in [3.8, 4) is 0 Å². The summed E-state index contributed by atoms with van der Waals surface area (Å²) in [5.41, 5.74) is 1.33. The highest BCUT2D eigenvalue weighted by Crippen LogP contribution is 2.62. The first-order valence-corrected chi connectivity index (χ1v) is 12.4. The summed E-state index contributed by atoms with van der Waals surface area (Å²) in [6.45, 7) is 15.6. The zero-order valence-electron chi connectivity index (χ0n) is 21.7. The van der Waals surface area contributed by atoms with Crippen LogP contribution in [0.15, 0.2) is 33.5 Å². The van der Waals surface area contributed by atoms with E-state index in [1.165, 1.54) is 12.7 Å². The summed E-state index contributed by atoms with van der Waals surface area (Å²) in [7, 11) is 1.41. The van der Waals surface area contributed by atoms with Crippen molar-refractivity contribution < 1.29 is 19.1 Å². The Morgan fingerprint density at radius 3 is 2.52 bits per heavy atom. The minimum absolute atomic E-state index is 0.0486. The molecular formula is C27H42N2O4. The standard InChI is InChI=1S/C27H42N2O4/c1-17(14-23(30)32-8)12-13-25(5)19(3)15-22(26(6)18(2)10-9-11-21(25)26)33-24(31)27(7)20(4)16-28-29-27/h10,14,19-22H,9,11-13,15-16H2,1-8H3/b17-14+/t19-,20+,21-,22-,25+,26+,27+/m1/s1. The number of esters is 2. The molecule has 0 bridgehead atoms. The molecule has 0 amide bonds. The Bertz CT molecular complexity index is 877. The third kappa shape index (κ3) is 4.42. The van der Waals surface area contributed by atoms with Crippen LogP contribution in [0.4, 0.5) is 0 Å². The molecule has 0 radical (unpaired) electrons. The van der Waals surface area contributed by atoms with Crippen molar-refractivity contribution in [3.63, 3.8) is 0 Å². The van der Waals surface area contributed by atoms with Crippen molar-refractivity contribution >= 4 is 11.9 Å². The molecule has 1 fully saturated rings.